The van der Waals surface area contributed by atoms with Crippen LogP contribution in [-0.4, -0.2) is 12.5 Å². The molecule has 0 radical (unpaired) electrons. The third-order valence-electron chi connectivity index (χ3n) is 2.95. The monoisotopic (exact) mass is 272 g/mol. The van der Waals surface area contributed by atoms with Crippen molar-refractivity contribution in [3.05, 3.63) is 59.4 Å². The molecule has 0 heterocycles. The highest BCUT2D eigenvalue weighted by Gasteiger charge is 2.04. The number of anilines is 2. The Labute approximate surface area is 117 Å². The maximum Gasteiger partial charge on any atom is 0.243 e. The first kappa shape index (κ1) is 14.1. The van der Waals surface area contributed by atoms with Crippen LogP contribution in [0.25, 0.3) is 0 Å². The Bertz CT molecular complexity index is 608. The smallest absolute Gasteiger partial charge is 0.243 e. The summed E-state index contributed by atoms with van der Waals surface area (Å²) in [5.74, 6) is -0.493. The zero-order valence-electron chi connectivity index (χ0n) is 11.5. The number of hydrogen-bond donors (Lipinski definition) is 2. The summed E-state index contributed by atoms with van der Waals surface area (Å²) in [6.07, 6.45) is 0. The van der Waals surface area contributed by atoms with Gasteiger partial charge in [0.15, 0.2) is 0 Å². The van der Waals surface area contributed by atoms with Gasteiger partial charge in [0.25, 0.3) is 0 Å². The van der Waals surface area contributed by atoms with E-state index >= 15 is 0 Å². The molecule has 2 aromatic rings. The fourth-order valence-electron chi connectivity index (χ4n) is 1.93. The molecule has 4 heteroatoms. The first-order chi connectivity index (χ1) is 9.54. The summed E-state index contributed by atoms with van der Waals surface area (Å²) in [5, 5.41) is 5.79. The Hall–Kier alpha value is -2.36. The number of amides is 1. The van der Waals surface area contributed by atoms with E-state index in [1.54, 1.807) is 0 Å². The van der Waals surface area contributed by atoms with E-state index in [-0.39, 0.29) is 18.3 Å². The minimum atomic E-state index is -0.323. The summed E-state index contributed by atoms with van der Waals surface area (Å²) in [4.78, 5) is 11.8. The highest BCUT2D eigenvalue weighted by Crippen LogP contribution is 2.15. The van der Waals surface area contributed by atoms with Gasteiger partial charge in [0.1, 0.15) is 5.82 Å². The van der Waals surface area contributed by atoms with E-state index < -0.39 is 0 Å². The Balaban J connectivity index is 1.90. The van der Waals surface area contributed by atoms with Gasteiger partial charge in [-0.1, -0.05) is 17.7 Å². The van der Waals surface area contributed by atoms with Gasteiger partial charge in [0, 0.05) is 11.4 Å². The van der Waals surface area contributed by atoms with Gasteiger partial charge in [-0.05, 0) is 49.7 Å². The minimum absolute atomic E-state index is 0.168. The second-order valence-electron chi connectivity index (χ2n) is 4.73. The van der Waals surface area contributed by atoms with Crippen molar-refractivity contribution in [1.29, 1.82) is 0 Å². The van der Waals surface area contributed by atoms with Gasteiger partial charge in [0.2, 0.25) is 5.91 Å². The Morgan fingerprint density at radius 2 is 1.80 bits per heavy atom. The van der Waals surface area contributed by atoms with Crippen LogP contribution in [0.1, 0.15) is 11.1 Å². The van der Waals surface area contributed by atoms with E-state index in [0.717, 1.165) is 11.3 Å². The van der Waals surface area contributed by atoms with Crippen molar-refractivity contribution >= 4 is 17.3 Å². The topological polar surface area (TPSA) is 41.1 Å². The maximum atomic E-state index is 12.7. The summed E-state index contributed by atoms with van der Waals surface area (Å²) in [6.45, 7) is 4.19. The molecule has 0 aliphatic rings. The number of halogens is 1. The molecule has 3 nitrogen and oxygen atoms in total. The third-order valence-corrected chi connectivity index (χ3v) is 2.95. The Morgan fingerprint density at radius 3 is 2.45 bits per heavy atom. The minimum Gasteiger partial charge on any atom is -0.376 e. The van der Waals surface area contributed by atoms with E-state index in [4.69, 9.17) is 0 Å². The highest BCUT2D eigenvalue weighted by molar-refractivity contribution is 5.93. The molecule has 20 heavy (non-hydrogen) atoms. The molecule has 1 amide bonds. The maximum absolute atomic E-state index is 12.7. The van der Waals surface area contributed by atoms with E-state index in [2.05, 4.69) is 16.7 Å². The Kier molecular flexibility index (Phi) is 4.35. The molecule has 0 unspecified atom stereocenters. The average Bonchev–Trinajstić information content (AvgIpc) is 2.40. The van der Waals surface area contributed by atoms with Gasteiger partial charge >= 0.3 is 0 Å². The largest absolute Gasteiger partial charge is 0.376 e. The van der Waals surface area contributed by atoms with E-state index in [1.807, 2.05) is 26.0 Å². The van der Waals surface area contributed by atoms with E-state index in [9.17, 15) is 9.18 Å². The SMILES string of the molecule is Cc1ccc(NCC(=O)Nc2ccc(F)cc2)c(C)c1. The lowest BCUT2D eigenvalue weighted by Gasteiger charge is -2.10. The summed E-state index contributed by atoms with van der Waals surface area (Å²) < 4.78 is 12.7. The summed E-state index contributed by atoms with van der Waals surface area (Å²) in [6, 6.07) is 11.7. The quantitative estimate of drug-likeness (QED) is 0.894. The van der Waals surface area contributed by atoms with Crippen molar-refractivity contribution in [1.82, 2.24) is 0 Å². The molecule has 2 aromatic carbocycles. The van der Waals surface area contributed by atoms with Gasteiger partial charge in [-0.25, -0.2) is 4.39 Å². The van der Waals surface area contributed by atoms with Gasteiger partial charge in [-0.3, -0.25) is 4.79 Å². The lowest BCUT2D eigenvalue weighted by Crippen LogP contribution is -2.22. The molecule has 0 aliphatic carbocycles. The molecular weight excluding hydrogens is 255 g/mol. The van der Waals surface area contributed by atoms with Crippen LogP contribution in [0.5, 0.6) is 0 Å². The standard InChI is InChI=1S/C16H17FN2O/c1-11-3-8-15(12(2)9-11)18-10-16(20)19-14-6-4-13(17)5-7-14/h3-9,18H,10H2,1-2H3,(H,19,20). The molecule has 0 saturated heterocycles. The average molecular weight is 272 g/mol. The summed E-state index contributed by atoms with van der Waals surface area (Å²) in [7, 11) is 0. The predicted octanol–water partition coefficient (Wildman–Crippen LogP) is 3.49. The predicted molar refractivity (Wildman–Crippen MR) is 79.4 cm³/mol. The van der Waals surface area contributed by atoms with Crippen LogP contribution in [0.3, 0.4) is 0 Å². The van der Waals surface area contributed by atoms with Crippen molar-refractivity contribution in [3.8, 4) is 0 Å². The fraction of sp³-hybridized carbons (Fsp3) is 0.188. The van der Waals surface area contributed by atoms with Crippen LogP contribution < -0.4 is 10.6 Å². The molecule has 0 fully saturated rings. The van der Waals surface area contributed by atoms with Crippen LogP contribution in [0.2, 0.25) is 0 Å². The highest BCUT2D eigenvalue weighted by atomic mass is 19.1. The molecule has 0 bridgehead atoms. The number of aryl methyl sites for hydroxylation is 2. The normalized spacial score (nSPS) is 10.2. The molecule has 0 spiro atoms. The molecule has 0 atom stereocenters. The van der Waals surface area contributed by atoms with E-state index in [0.29, 0.717) is 5.69 Å². The molecule has 2 N–H and O–H groups in total. The first-order valence-corrected chi connectivity index (χ1v) is 6.41. The van der Waals surface area contributed by atoms with Crippen molar-refractivity contribution < 1.29 is 9.18 Å². The number of nitrogens with one attached hydrogen (secondary N) is 2. The third kappa shape index (κ3) is 3.82. The summed E-state index contributed by atoms with van der Waals surface area (Å²) in [5.41, 5.74) is 3.80. The van der Waals surface area contributed by atoms with Crippen molar-refractivity contribution in [2.24, 2.45) is 0 Å². The lowest BCUT2D eigenvalue weighted by molar-refractivity contribution is -0.114. The number of carbonyl (C=O) groups is 1. The van der Waals surface area contributed by atoms with Gasteiger partial charge in [-0.2, -0.15) is 0 Å². The van der Waals surface area contributed by atoms with Crippen LogP contribution >= 0.6 is 0 Å². The zero-order chi connectivity index (χ0) is 14.5. The number of benzene rings is 2. The van der Waals surface area contributed by atoms with Crippen molar-refractivity contribution in [3.63, 3.8) is 0 Å². The van der Waals surface area contributed by atoms with Crippen LogP contribution in [0, 0.1) is 19.7 Å². The van der Waals surface area contributed by atoms with E-state index in [1.165, 1.54) is 29.8 Å². The van der Waals surface area contributed by atoms with Gasteiger partial charge in [-0.15, -0.1) is 0 Å². The van der Waals surface area contributed by atoms with Crippen LogP contribution in [0.4, 0.5) is 15.8 Å². The summed E-state index contributed by atoms with van der Waals surface area (Å²) >= 11 is 0. The Morgan fingerprint density at radius 1 is 1.10 bits per heavy atom. The number of rotatable bonds is 4. The second kappa shape index (κ2) is 6.19. The second-order valence-corrected chi connectivity index (χ2v) is 4.73. The van der Waals surface area contributed by atoms with Crippen LogP contribution in [0.15, 0.2) is 42.5 Å². The molecule has 0 saturated carbocycles. The molecular formula is C16H17FN2O. The fourth-order valence-corrected chi connectivity index (χ4v) is 1.93. The van der Waals surface area contributed by atoms with Crippen molar-refractivity contribution in [2.75, 3.05) is 17.2 Å². The van der Waals surface area contributed by atoms with Gasteiger partial charge in [0.05, 0.1) is 6.54 Å². The molecule has 0 aliphatic heterocycles. The van der Waals surface area contributed by atoms with Crippen molar-refractivity contribution in [2.45, 2.75) is 13.8 Å². The first-order valence-electron chi connectivity index (χ1n) is 6.41. The van der Waals surface area contributed by atoms with Crippen LogP contribution in [-0.2, 0) is 4.79 Å². The molecule has 2 rings (SSSR count). The lowest BCUT2D eigenvalue weighted by atomic mass is 10.1. The van der Waals surface area contributed by atoms with Gasteiger partial charge < -0.3 is 10.6 Å². The number of hydrogen-bond acceptors (Lipinski definition) is 2. The zero-order valence-corrected chi connectivity index (χ0v) is 11.5. The number of carbonyl (C=O) groups excluding carboxylic acids is 1. The molecule has 0 aromatic heterocycles. The molecule has 104 valence electrons.